The molecule has 0 bridgehead atoms. The fraction of sp³-hybridized carbons (Fsp3) is 0.579. The number of aromatic nitrogens is 1. The predicted octanol–water partition coefficient (Wildman–Crippen LogP) is 3.21. The number of rotatable bonds is 3. The number of piperidine rings is 1. The molecule has 2 heterocycles. The zero-order valence-corrected chi connectivity index (χ0v) is 13.6. The molecule has 4 rings (SSSR count). The number of nitrogens with zero attached hydrogens (tertiary/aromatic N) is 1. The smallest absolute Gasteiger partial charge is 0.0471 e. The first-order chi connectivity index (χ1) is 10.7. The van der Waals surface area contributed by atoms with Crippen molar-refractivity contribution < 1.29 is 5.11 Å². The van der Waals surface area contributed by atoms with Crippen LogP contribution in [0.25, 0.3) is 10.9 Å². The number of aryl methyl sites for hydroxylation is 1. The number of H-pyrrole nitrogens is 1. The van der Waals surface area contributed by atoms with Crippen molar-refractivity contribution in [1.82, 2.24) is 9.88 Å². The second-order valence-electron chi connectivity index (χ2n) is 7.16. The van der Waals surface area contributed by atoms with Crippen LogP contribution in [0, 0.1) is 12.8 Å². The quantitative estimate of drug-likeness (QED) is 0.913. The van der Waals surface area contributed by atoms with Gasteiger partial charge in [-0.3, -0.25) is 4.90 Å². The largest absolute Gasteiger partial charge is 0.396 e. The van der Waals surface area contributed by atoms with E-state index in [1.165, 1.54) is 34.1 Å². The molecule has 1 aliphatic carbocycles. The average molecular weight is 298 g/mol. The summed E-state index contributed by atoms with van der Waals surface area (Å²) in [6, 6.07) is 7.31. The van der Waals surface area contributed by atoms with Gasteiger partial charge in [0.05, 0.1) is 0 Å². The molecule has 1 unspecified atom stereocenters. The second kappa shape index (κ2) is 5.39. The van der Waals surface area contributed by atoms with Crippen LogP contribution in [-0.4, -0.2) is 40.7 Å². The number of aromatic amines is 1. The number of hydrogen-bond acceptors (Lipinski definition) is 2. The van der Waals surface area contributed by atoms with Gasteiger partial charge in [-0.15, -0.1) is 0 Å². The Labute approximate surface area is 132 Å². The number of aliphatic hydroxyl groups is 1. The third kappa shape index (κ3) is 2.03. The van der Waals surface area contributed by atoms with E-state index in [9.17, 15) is 5.11 Å². The Morgan fingerprint density at radius 3 is 3.00 bits per heavy atom. The van der Waals surface area contributed by atoms with E-state index in [1.54, 1.807) is 0 Å². The maximum atomic E-state index is 9.73. The zero-order chi connectivity index (χ0) is 15.3. The third-order valence-corrected chi connectivity index (χ3v) is 5.77. The van der Waals surface area contributed by atoms with Gasteiger partial charge in [0, 0.05) is 41.7 Å². The van der Waals surface area contributed by atoms with Crippen molar-refractivity contribution in [1.29, 1.82) is 0 Å². The van der Waals surface area contributed by atoms with E-state index in [-0.39, 0.29) is 0 Å². The van der Waals surface area contributed by atoms with Crippen LogP contribution in [0.4, 0.5) is 0 Å². The van der Waals surface area contributed by atoms with Crippen LogP contribution in [0.2, 0.25) is 0 Å². The molecule has 3 heteroatoms. The molecule has 1 fully saturated rings. The standard InChI is InChI=1S/C19H26N2O/c1-3-7-21-10-13(11-22)8-16-14-5-4-6-17-19(14)15(9-18(16)21)12(2)20-17/h4-6,13,16,18,20,22H,3,7-11H2,1-2H3/t13-,16?,18-/m1/s1. The fourth-order valence-electron chi connectivity index (χ4n) is 4.84. The lowest BCUT2D eigenvalue weighted by molar-refractivity contribution is 0.0571. The van der Waals surface area contributed by atoms with Gasteiger partial charge < -0.3 is 10.1 Å². The molecule has 1 saturated heterocycles. The van der Waals surface area contributed by atoms with Crippen LogP contribution in [0.15, 0.2) is 18.2 Å². The van der Waals surface area contributed by atoms with Crippen molar-refractivity contribution in [2.45, 2.75) is 45.1 Å². The van der Waals surface area contributed by atoms with E-state index in [4.69, 9.17) is 0 Å². The van der Waals surface area contributed by atoms with Gasteiger partial charge in [0.2, 0.25) is 0 Å². The van der Waals surface area contributed by atoms with E-state index >= 15 is 0 Å². The van der Waals surface area contributed by atoms with Crippen molar-refractivity contribution in [2.24, 2.45) is 5.92 Å². The summed E-state index contributed by atoms with van der Waals surface area (Å²) < 4.78 is 0. The topological polar surface area (TPSA) is 39.3 Å². The molecule has 118 valence electrons. The average Bonchev–Trinajstić information content (AvgIpc) is 2.85. The Morgan fingerprint density at radius 2 is 2.23 bits per heavy atom. The first kappa shape index (κ1) is 14.3. The lowest BCUT2D eigenvalue weighted by atomic mass is 9.72. The molecule has 1 aliphatic heterocycles. The Bertz CT molecular complexity index is 690. The van der Waals surface area contributed by atoms with Crippen molar-refractivity contribution >= 4 is 10.9 Å². The SMILES string of the molecule is CCCN1C[C@H](CO)CC2c3cccc4[nH]c(C)c(c34)C[C@H]21. The van der Waals surface area contributed by atoms with Crippen LogP contribution in [0.3, 0.4) is 0 Å². The molecule has 2 aromatic rings. The van der Waals surface area contributed by atoms with Gasteiger partial charge in [-0.1, -0.05) is 19.1 Å². The fourth-order valence-corrected chi connectivity index (χ4v) is 4.84. The van der Waals surface area contributed by atoms with Gasteiger partial charge in [0.1, 0.15) is 0 Å². The van der Waals surface area contributed by atoms with Gasteiger partial charge in [-0.05, 0) is 55.8 Å². The number of fused-ring (bicyclic) bond motifs is 2. The minimum atomic E-state index is 0.318. The Kier molecular flexibility index (Phi) is 3.50. The molecule has 22 heavy (non-hydrogen) atoms. The highest BCUT2D eigenvalue weighted by molar-refractivity contribution is 5.89. The molecule has 2 N–H and O–H groups in total. The molecule has 0 radical (unpaired) electrons. The zero-order valence-electron chi connectivity index (χ0n) is 13.6. The van der Waals surface area contributed by atoms with Crippen LogP contribution in [0.1, 0.15) is 42.5 Å². The molecule has 1 aromatic carbocycles. The number of benzene rings is 1. The summed E-state index contributed by atoms with van der Waals surface area (Å²) >= 11 is 0. The summed E-state index contributed by atoms with van der Waals surface area (Å²) in [5, 5.41) is 11.2. The van der Waals surface area contributed by atoms with Crippen molar-refractivity contribution in [2.75, 3.05) is 19.7 Å². The number of nitrogens with one attached hydrogen (secondary N) is 1. The highest BCUT2D eigenvalue weighted by atomic mass is 16.3. The lowest BCUT2D eigenvalue weighted by Crippen LogP contribution is -2.50. The van der Waals surface area contributed by atoms with E-state index in [0.29, 0.717) is 24.5 Å². The second-order valence-corrected chi connectivity index (χ2v) is 7.16. The summed E-state index contributed by atoms with van der Waals surface area (Å²) in [7, 11) is 0. The highest BCUT2D eigenvalue weighted by Gasteiger charge is 2.40. The van der Waals surface area contributed by atoms with E-state index in [1.807, 2.05) is 0 Å². The maximum absolute atomic E-state index is 9.73. The lowest BCUT2D eigenvalue weighted by Gasteiger charge is -2.47. The van der Waals surface area contributed by atoms with Crippen LogP contribution in [0.5, 0.6) is 0 Å². The van der Waals surface area contributed by atoms with Crippen molar-refractivity contribution in [3.8, 4) is 0 Å². The maximum Gasteiger partial charge on any atom is 0.0471 e. The molecule has 0 amide bonds. The predicted molar refractivity (Wildman–Crippen MR) is 90.3 cm³/mol. The first-order valence-electron chi connectivity index (χ1n) is 8.67. The van der Waals surface area contributed by atoms with Crippen molar-refractivity contribution in [3.05, 3.63) is 35.0 Å². The Balaban J connectivity index is 1.83. The molecule has 0 saturated carbocycles. The minimum absolute atomic E-state index is 0.318. The normalized spacial score (nSPS) is 28.0. The molecule has 3 nitrogen and oxygen atoms in total. The molecule has 0 spiro atoms. The summed E-state index contributed by atoms with van der Waals surface area (Å²) in [6.45, 7) is 6.99. The monoisotopic (exact) mass is 298 g/mol. The molecular weight excluding hydrogens is 272 g/mol. The number of aliphatic hydroxyl groups excluding tert-OH is 1. The van der Waals surface area contributed by atoms with Crippen LogP contribution in [-0.2, 0) is 6.42 Å². The third-order valence-electron chi connectivity index (χ3n) is 5.77. The van der Waals surface area contributed by atoms with Gasteiger partial charge in [0.25, 0.3) is 0 Å². The molecule has 3 atom stereocenters. The van der Waals surface area contributed by atoms with E-state index < -0.39 is 0 Å². The van der Waals surface area contributed by atoms with Crippen LogP contribution < -0.4 is 0 Å². The molecule has 1 aromatic heterocycles. The van der Waals surface area contributed by atoms with Gasteiger partial charge in [0.15, 0.2) is 0 Å². The van der Waals surface area contributed by atoms with Gasteiger partial charge in [-0.2, -0.15) is 0 Å². The van der Waals surface area contributed by atoms with Gasteiger partial charge >= 0.3 is 0 Å². The minimum Gasteiger partial charge on any atom is -0.396 e. The first-order valence-corrected chi connectivity index (χ1v) is 8.67. The summed E-state index contributed by atoms with van der Waals surface area (Å²) in [4.78, 5) is 6.21. The van der Waals surface area contributed by atoms with Gasteiger partial charge in [-0.25, -0.2) is 0 Å². The summed E-state index contributed by atoms with van der Waals surface area (Å²) in [6.07, 6.45) is 3.47. The highest BCUT2D eigenvalue weighted by Crippen LogP contribution is 2.45. The van der Waals surface area contributed by atoms with E-state index in [2.05, 4.69) is 41.9 Å². The number of hydrogen-bond donors (Lipinski definition) is 2. The molecular formula is C19H26N2O. The summed E-state index contributed by atoms with van der Waals surface area (Å²) in [5.41, 5.74) is 5.65. The summed E-state index contributed by atoms with van der Waals surface area (Å²) in [5.74, 6) is 0.994. The van der Waals surface area contributed by atoms with E-state index in [0.717, 1.165) is 25.9 Å². The Morgan fingerprint density at radius 1 is 1.36 bits per heavy atom. The van der Waals surface area contributed by atoms with Crippen molar-refractivity contribution in [3.63, 3.8) is 0 Å². The Hall–Kier alpha value is -1.32. The number of likely N-dealkylation sites (tertiary alicyclic amines) is 1. The molecule has 2 aliphatic rings. The van der Waals surface area contributed by atoms with Crippen LogP contribution >= 0.6 is 0 Å².